The van der Waals surface area contributed by atoms with Gasteiger partial charge in [0.1, 0.15) is 11.6 Å². The zero-order valence-electron chi connectivity index (χ0n) is 14.0. The molecule has 126 valence electrons. The van der Waals surface area contributed by atoms with Crippen molar-refractivity contribution in [3.05, 3.63) is 42.1 Å². The number of nitrogens with zero attached hydrogens (tertiary/aromatic N) is 4. The number of carbonyl (C=O) groups is 1. The van der Waals surface area contributed by atoms with Crippen LogP contribution in [-0.4, -0.2) is 51.4 Å². The van der Waals surface area contributed by atoms with Crippen molar-refractivity contribution in [2.75, 3.05) is 25.5 Å². The molecule has 0 aliphatic heterocycles. The second-order valence-corrected chi connectivity index (χ2v) is 6.30. The van der Waals surface area contributed by atoms with Crippen molar-refractivity contribution < 1.29 is 9.90 Å². The number of hydrogen-bond donors (Lipinski definition) is 2. The van der Waals surface area contributed by atoms with E-state index in [9.17, 15) is 15.2 Å². The van der Waals surface area contributed by atoms with Crippen molar-refractivity contribution in [3.8, 4) is 11.8 Å². The fourth-order valence-electron chi connectivity index (χ4n) is 2.45. The lowest BCUT2D eigenvalue weighted by molar-refractivity contribution is -0.117. The number of aromatic nitrogens is 2. The molecule has 0 saturated carbocycles. The van der Waals surface area contributed by atoms with Crippen LogP contribution in [0, 0.1) is 11.3 Å². The molecule has 2 rings (SSSR count). The Morgan fingerprint density at radius 2 is 2.08 bits per heavy atom. The van der Waals surface area contributed by atoms with Crippen molar-refractivity contribution in [3.63, 3.8) is 0 Å². The average molecular weight is 327 g/mol. The Bertz CT molecular complexity index is 741. The molecule has 1 aromatic heterocycles. The molecule has 0 bridgehead atoms. The first-order valence-electron chi connectivity index (χ1n) is 7.54. The van der Waals surface area contributed by atoms with E-state index < -0.39 is 5.60 Å². The molecule has 0 aliphatic carbocycles. The molecule has 0 spiro atoms. The molecule has 7 heteroatoms. The van der Waals surface area contributed by atoms with Gasteiger partial charge in [-0.05, 0) is 33.0 Å². The van der Waals surface area contributed by atoms with Crippen LogP contribution in [-0.2, 0) is 4.79 Å². The van der Waals surface area contributed by atoms with Crippen LogP contribution in [0.3, 0.4) is 0 Å². The summed E-state index contributed by atoms with van der Waals surface area (Å²) < 4.78 is 1.52. The monoisotopic (exact) mass is 327 g/mol. The zero-order valence-corrected chi connectivity index (χ0v) is 14.0. The van der Waals surface area contributed by atoms with Crippen molar-refractivity contribution in [1.29, 1.82) is 5.26 Å². The molecule has 1 amide bonds. The van der Waals surface area contributed by atoms with Gasteiger partial charge in [0.15, 0.2) is 5.82 Å². The van der Waals surface area contributed by atoms with E-state index in [0.717, 1.165) is 5.69 Å². The number of benzene rings is 1. The zero-order chi connectivity index (χ0) is 17.7. The number of nitrogens with one attached hydrogen (secondary N) is 1. The number of anilines is 1. The summed E-state index contributed by atoms with van der Waals surface area (Å²) in [6.07, 6.45) is 1.42. The first-order valence-corrected chi connectivity index (χ1v) is 7.54. The fourth-order valence-corrected chi connectivity index (χ4v) is 2.45. The summed E-state index contributed by atoms with van der Waals surface area (Å²) in [6, 6.07) is 11.3. The van der Waals surface area contributed by atoms with Gasteiger partial charge in [-0.25, -0.2) is 4.68 Å². The second-order valence-electron chi connectivity index (χ2n) is 6.30. The van der Waals surface area contributed by atoms with E-state index >= 15 is 0 Å². The van der Waals surface area contributed by atoms with E-state index in [-0.39, 0.29) is 18.0 Å². The number of nitriles is 1. The summed E-state index contributed by atoms with van der Waals surface area (Å²) in [7, 11) is 1.75. The minimum Gasteiger partial charge on any atom is -0.389 e. The standard InChI is InChI=1S/C17H21N5O2/c1-17(2,24)12-21(3)11-15(23)20-16-13(9-18)10-19-22(16)14-7-5-4-6-8-14/h4-8,10,24H,11-12H2,1-3H3,(H,20,23). The minimum absolute atomic E-state index is 0.0921. The van der Waals surface area contributed by atoms with Gasteiger partial charge < -0.3 is 10.4 Å². The Morgan fingerprint density at radius 1 is 1.42 bits per heavy atom. The lowest BCUT2D eigenvalue weighted by atomic mass is 10.1. The molecule has 1 heterocycles. The van der Waals surface area contributed by atoms with Gasteiger partial charge in [-0.2, -0.15) is 10.4 Å². The van der Waals surface area contributed by atoms with Gasteiger partial charge in [0.05, 0.1) is 24.0 Å². The van der Waals surface area contributed by atoms with E-state index in [1.807, 2.05) is 36.4 Å². The molecule has 0 fully saturated rings. The maximum absolute atomic E-state index is 12.3. The highest BCUT2D eigenvalue weighted by atomic mass is 16.3. The summed E-state index contributed by atoms with van der Waals surface area (Å²) >= 11 is 0. The van der Waals surface area contributed by atoms with Crippen molar-refractivity contribution in [2.45, 2.75) is 19.4 Å². The Balaban J connectivity index is 2.16. The first kappa shape index (κ1) is 17.7. The summed E-state index contributed by atoms with van der Waals surface area (Å²) in [6.45, 7) is 3.80. The minimum atomic E-state index is -0.890. The van der Waals surface area contributed by atoms with Crippen molar-refractivity contribution >= 4 is 11.7 Å². The number of rotatable bonds is 6. The van der Waals surface area contributed by atoms with Crippen molar-refractivity contribution in [2.24, 2.45) is 0 Å². The SMILES string of the molecule is CN(CC(=O)Nc1c(C#N)cnn1-c1ccccc1)CC(C)(C)O. The fraction of sp³-hybridized carbons (Fsp3) is 0.353. The first-order chi connectivity index (χ1) is 11.3. The largest absolute Gasteiger partial charge is 0.389 e. The van der Waals surface area contributed by atoms with E-state index in [1.165, 1.54) is 10.9 Å². The van der Waals surface area contributed by atoms with Crippen LogP contribution in [0.2, 0.25) is 0 Å². The Morgan fingerprint density at radius 3 is 2.67 bits per heavy atom. The van der Waals surface area contributed by atoms with E-state index in [4.69, 9.17) is 0 Å². The number of carbonyl (C=O) groups excluding carboxylic acids is 1. The van der Waals surface area contributed by atoms with Gasteiger partial charge in [-0.15, -0.1) is 0 Å². The maximum Gasteiger partial charge on any atom is 0.239 e. The lowest BCUT2D eigenvalue weighted by Gasteiger charge is -2.24. The third kappa shape index (κ3) is 4.65. The summed E-state index contributed by atoms with van der Waals surface area (Å²) in [4.78, 5) is 14.0. The molecular weight excluding hydrogens is 306 g/mol. The molecule has 24 heavy (non-hydrogen) atoms. The lowest BCUT2D eigenvalue weighted by Crippen LogP contribution is -2.40. The number of para-hydroxylation sites is 1. The molecular formula is C17H21N5O2. The highest BCUT2D eigenvalue weighted by molar-refractivity contribution is 5.92. The second kappa shape index (κ2) is 7.25. The summed E-state index contributed by atoms with van der Waals surface area (Å²) in [5, 5.41) is 25.9. The summed E-state index contributed by atoms with van der Waals surface area (Å²) in [5.74, 6) is 0.0567. The molecule has 0 radical (unpaired) electrons. The molecule has 7 nitrogen and oxygen atoms in total. The van der Waals surface area contributed by atoms with Crippen LogP contribution in [0.25, 0.3) is 5.69 Å². The van der Waals surface area contributed by atoms with Gasteiger partial charge in [-0.3, -0.25) is 9.69 Å². The normalized spacial score (nSPS) is 11.3. The van der Waals surface area contributed by atoms with E-state index in [0.29, 0.717) is 12.4 Å². The highest BCUT2D eigenvalue weighted by Crippen LogP contribution is 2.19. The molecule has 2 N–H and O–H groups in total. The molecule has 0 atom stereocenters. The molecule has 1 aromatic carbocycles. The molecule has 0 unspecified atom stereocenters. The van der Waals surface area contributed by atoms with Gasteiger partial charge >= 0.3 is 0 Å². The van der Waals surface area contributed by atoms with E-state index in [1.54, 1.807) is 25.8 Å². The highest BCUT2D eigenvalue weighted by Gasteiger charge is 2.19. The van der Waals surface area contributed by atoms with Gasteiger partial charge in [-0.1, -0.05) is 18.2 Å². The maximum atomic E-state index is 12.3. The average Bonchev–Trinajstić information content (AvgIpc) is 2.88. The van der Waals surface area contributed by atoms with Gasteiger partial charge in [0.2, 0.25) is 5.91 Å². The summed E-state index contributed by atoms with van der Waals surface area (Å²) in [5.41, 5.74) is 0.148. The predicted molar refractivity (Wildman–Crippen MR) is 90.7 cm³/mol. The number of likely N-dealkylation sites (N-methyl/N-ethyl adjacent to an activating group) is 1. The number of aliphatic hydroxyl groups is 1. The van der Waals surface area contributed by atoms with Crippen LogP contribution in [0.4, 0.5) is 5.82 Å². The van der Waals surface area contributed by atoms with Crippen LogP contribution >= 0.6 is 0 Å². The smallest absolute Gasteiger partial charge is 0.239 e. The van der Waals surface area contributed by atoms with Crippen LogP contribution in [0.5, 0.6) is 0 Å². The molecule has 0 saturated heterocycles. The number of amides is 1. The van der Waals surface area contributed by atoms with Gasteiger partial charge in [0.25, 0.3) is 0 Å². The Kier molecular flexibility index (Phi) is 5.34. The predicted octanol–water partition coefficient (Wildman–Crippen LogP) is 1.39. The van der Waals surface area contributed by atoms with Crippen molar-refractivity contribution in [1.82, 2.24) is 14.7 Å². The quantitative estimate of drug-likeness (QED) is 0.836. The molecule has 0 aliphatic rings. The van der Waals surface area contributed by atoms with Gasteiger partial charge in [0, 0.05) is 6.54 Å². The van der Waals surface area contributed by atoms with Crippen LogP contribution < -0.4 is 5.32 Å². The topological polar surface area (TPSA) is 94.2 Å². The third-order valence-electron chi connectivity index (χ3n) is 3.22. The Hall–Kier alpha value is -2.69. The number of hydrogen-bond acceptors (Lipinski definition) is 5. The third-order valence-corrected chi connectivity index (χ3v) is 3.22. The van der Waals surface area contributed by atoms with Crippen LogP contribution in [0.1, 0.15) is 19.4 Å². The van der Waals surface area contributed by atoms with Crippen LogP contribution in [0.15, 0.2) is 36.5 Å². The Labute approximate surface area is 141 Å². The van der Waals surface area contributed by atoms with E-state index in [2.05, 4.69) is 10.4 Å². The molecule has 2 aromatic rings.